The maximum Gasteiger partial charge on any atom is 0.245 e. The number of β-amino-alcohol motifs (C(OH)–C–C–N with tert-alkyl or cyclic N) is 1. The zero-order valence-electron chi connectivity index (χ0n) is 13.6. The second-order valence-corrected chi connectivity index (χ2v) is 5.93. The van der Waals surface area contributed by atoms with Crippen LogP contribution in [0.25, 0.3) is 0 Å². The van der Waals surface area contributed by atoms with E-state index in [9.17, 15) is 19.8 Å². The molecule has 130 valence electrons. The average molecular weight is 332 g/mol. The molecule has 1 heterocycles. The summed E-state index contributed by atoms with van der Waals surface area (Å²) in [5.74, 6) is -0.702. The molecule has 1 aromatic carbocycles. The minimum Gasteiger partial charge on any atom is -0.388 e. The zero-order valence-corrected chi connectivity index (χ0v) is 13.6. The smallest absolute Gasteiger partial charge is 0.245 e. The number of allylic oxidation sites excluding steroid dienone is 1. The molecule has 0 radical (unpaired) electrons. The molecular weight excluding hydrogens is 308 g/mol. The van der Waals surface area contributed by atoms with Gasteiger partial charge in [0.2, 0.25) is 11.8 Å². The molecule has 0 unspecified atom stereocenters. The van der Waals surface area contributed by atoms with Crippen molar-refractivity contribution >= 4 is 11.8 Å². The van der Waals surface area contributed by atoms with Gasteiger partial charge in [-0.25, -0.2) is 0 Å². The van der Waals surface area contributed by atoms with Crippen LogP contribution in [-0.4, -0.2) is 51.7 Å². The highest BCUT2D eigenvalue weighted by molar-refractivity contribution is 5.89. The van der Waals surface area contributed by atoms with Gasteiger partial charge in [0.05, 0.1) is 12.6 Å². The lowest BCUT2D eigenvalue weighted by Gasteiger charge is -2.25. The Balaban J connectivity index is 1.99. The van der Waals surface area contributed by atoms with Gasteiger partial charge in [-0.1, -0.05) is 36.4 Å². The third-order valence-corrected chi connectivity index (χ3v) is 4.13. The lowest BCUT2D eigenvalue weighted by Crippen LogP contribution is -2.50. The molecule has 1 saturated heterocycles. The van der Waals surface area contributed by atoms with Gasteiger partial charge in [-0.2, -0.15) is 0 Å². The summed E-state index contributed by atoms with van der Waals surface area (Å²) in [5, 5.41) is 22.7. The molecule has 0 saturated carbocycles. The second kappa shape index (κ2) is 8.61. The van der Waals surface area contributed by atoms with Crippen LogP contribution in [-0.2, 0) is 16.1 Å². The van der Waals surface area contributed by atoms with Gasteiger partial charge < -0.3 is 20.4 Å². The molecule has 2 rings (SSSR count). The number of likely N-dealkylation sites (tertiary alicyclic amines) is 1. The molecule has 1 aliphatic heterocycles. The molecule has 6 nitrogen and oxygen atoms in total. The summed E-state index contributed by atoms with van der Waals surface area (Å²) < 4.78 is 0. The van der Waals surface area contributed by atoms with Gasteiger partial charge in [0.15, 0.2) is 0 Å². The van der Waals surface area contributed by atoms with Crippen LogP contribution in [0.15, 0.2) is 43.0 Å². The maximum absolute atomic E-state index is 12.4. The number of hydrogen-bond donors (Lipinski definition) is 3. The number of rotatable bonds is 7. The topological polar surface area (TPSA) is 89.9 Å². The van der Waals surface area contributed by atoms with Crippen LogP contribution in [0.2, 0.25) is 0 Å². The van der Waals surface area contributed by atoms with Gasteiger partial charge in [0.1, 0.15) is 12.1 Å². The maximum atomic E-state index is 12.4. The molecule has 3 atom stereocenters. The fourth-order valence-electron chi connectivity index (χ4n) is 2.80. The summed E-state index contributed by atoms with van der Waals surface area (Å²) in [7, 11) is 0. The van der Waals surface area contributed by atoms with Crippen LogP contribution in [0.4, 0.5) is 0 Å². The SMILES string of the molecule is C=CCCCC(=O)N1C[C@H](O)[C@H](O)[C@H]1C(=O)NCc1ccccc1. The second-order valence-electron chi connectivity index (χ2n) is 5.93. The molecule has 1 aromatic rings. The van der Waals surface area contributed by atoms with E-state index >= 15 is 0 Å². The molecule has 1 aliphatic rings. The minimum absolute atomic E-state index is 0.0302. The van der Waals surface area contributed by atoms with E-state index in [1.54, 1.807) is 6.08 Å². The van der Waals surface area contributed by atoms with E-state index in [2.05, 4.69) is 11.9 Å². The van der Waals surface area contributed by atoms with E-state index in [0.717, 1.165) is 5.56 Å². The number of nitrogens with one attached hydrogen (secondary N) is 1. The van der Waals surface area contributed by atoms with Crippen molar-refractivity contribution in [3.05, 3.63) is 48.6 Å². The zero-order chi connectivity index (χ0) is 17.5. The van der Waals surface area contributed by atoms with Gasteiger partial charge in [-0.05, 0) is 18.4 Å². The monoisotopic (exact) mass is 332 g/mol. The van der Waals surface area contributed by atoms with Crippen LogP contribution in [0.1, 0.15) is 24.8 Å². The molecular formula is C18H24N2O4. The Hall–Kier alpha value is -2.18. The lowest BCUT2D eigenvalue weighted by atomic mass is 10.1. The van der Waals surface area contributed by atoms with E-state index in [4.69, 9.17) is 0 Å². The van der Waals surface area contributed by atoms with Gasteiger partial charge in [0, 0.05) is 13.0 Å². The van der Waals surface area contributed by atoms with Crippen molar-refractivity contribution in [3.63, 3.8) is 0 Å². The Morgan fingerprint density at radius 1 is 1.29 bits per heavy atom. The van der Waals surface area contributed by atoms with Crippen LogP contribution in [0.3, 0.4) is 0 Å². The molecule has 0 bridgehead atoms. The first kappa shape index (κ1) is 18.2. The molecule has 24 heavy (non-hydrogen) atoms. The number of carbonyl (C=O) groups is 2. The number of amides is 2. The number of nitrogens with zero attached hydrogens (tertiary/aromatic N) is 1. The minimum atomic E-state index is -1.27. The Bertz CT molecular complexity index is 576. The Morgan fingerprint density at radius 2 is 2.00 bits per heavy atom. The van der Waals surface area contributed by atoms with Crippen molar-refractivity contribution in [1.29, 1.82) is 0 Å². The summed E-state index contributed by atoms with van der Waals surface area (Å²) in [4.78, 5) is 26.0. The standard InChI is InChI=1S/C18H24N2O4/c1-2-3-5-10-15(22)20-12-14(21)17(23)16(20)18(24)19-11-13-8-6-4-7-9-13/h2,4,6-9,14,16-17,21,23H,1,3,5,10-12H2,(H,19,24)/t14-,16-,17-/m0/s1. The first-order valence-corrected chi connectivity index (χ1v) is 8.12. The average Bonchev–Trinajstić information content (AvgIpc) is 2.89. The van der Waals surface area contributed by atoms with E-state index in [1.807, 2.05) is 30.3 Å². The number of aliphatic hydroxyl groups excluding tert-OH is 2. The molecule has 0 aromatic heterocycles. The molecule has 3 N–H and O–H groups in total. The van der Waals surface area contributed by atoms with E-state index in [1.165, 1.54) is 4.90 Å². The molecule has 2 amide bonds. The summed E-state index contributed by atoms with van der Waals surface area (Å²) in [6, 6.07) is 8.30. The predicted octanol–water partition coefficient (Wildman–Crippen LogP) is 0.592. The highest BCUT2D eigenvalue weighted by Gasteiger charge is 2.46. The Morgan fingerprint density at radius 3 is 2.67 bits per heavy atom. The largest absolute Gasteiger partial charge is 0.388 e. The number of aliphatic hydroxyl groups is 2. The van der Waals surface area contributed by atoms with Crippen molar-refractivity contribution in [3.8, 4) is 0 Å². The summed E-state index contributed by atoms with van der Waals surface area (Å²) in [6.07, 6.45) is 0.933. The van der Waals surface area contributed by atoms with Gasteiger partial charge >= 0.3 is 0 Å². The lowest BCUT2D eigenvalue weighted by molar-refractivity contribution is -0.140. The fraction of sp³-hybridized carbons (Fsp3) is 0.444. The van der Waals surface area contributed by atoms with Crippen LogP contribution < -0.4 is 5.32 Å². The summed E-state index contributed by atoms with van der Waals surface area (Å²) >= 11 is 0. The van der Waals surface area contributed by atoms with Gasteiger partial charge in [-0.3, -0.25) is 9.59 Å². The van der Waals surface area contributed by atoms with Crippen molar-refractivity contribution in [2.45, 2.75) is 44.1 Å². The summed E-state index contributed by atoms with van der Waals surface area (Å²) in [5.41, 5.74) is 0.919. The fourth-order valence-corrected chi connectivity index (χ4v) is 2.80. The van der Waals surface area contributed by atoms with Crippen molar-refractivity contribution in [2.75, 3.05) is 6.54 Å². The third-order valence-electron chi connectivity index (χ3n) is 4.13. The highest BCUT2D eigenvalue weighted by Crippen LogP contribution is 2.21. The van der Waals surface area contributed by atoms with Gasteiger partial charge in [-0.15, -0.1) is 6.58 Å². The van der Waals surface area contributed by atoms with Crippen LogP contribution >= 0.6 is 0 Å². The van der Waals surface area contributed by atoms with Gasteiger partial charge in [0.25, 0.3) is 0 Å². The van der Waals surface area contributed by atoms with Crippen molar-refractivity contribution < 1.29 is 19.8 Å². The number of carbonyl (C=O) groups excluding carboxylic acids is 2. The quantitative estimate of drug-likeness (QED) is 0.504. The molecule has 0 aliphatic carbocycles. The van der Waals surface area contributed by atoms with Crippen LogP contribution in [0, 0.1) is 0 Å². The summed E-state index contributed by atoms with van der Waals surface area (Å²) in [6.45, 7) is 3.88. The molecule has 0 spiro atoms. The first-order chi connectivity index (χ1) is 11.5. The predicted molar refractivity (Wildman–Crippen MR) is 89.9 cm³/mol. The highest BCUT2D eigenvalue weighted by atomic mass is 16.3. The number of benzene rings is 1. The third kappa shape index (κ3) is 4.43. The van der Waals surface area contributed by atoms with Crippen LogP contribution in [0.5, 0.6) is 0 Å². The normalized spacial score (nSPS) is 23.1. The number of hydrogen-bond acceptors (Lipinski definition) is 4. The number of unbranched alkanes of at least 4 members (excludes halogenated alkanes) is 1. The van der Waals surface area contributed by atoms with Crippen molar-refractivity contribution in [2.24, 2.45) is 0 Å². The van der Waals surface area contributed by atoms with Crippen molar-refractivity contribution in [1.82, 2.24) is 10.2 Å². The molecule has 1 fully saturated rings. The Labute approximate surface area is 141 Å². The Kier molecular flexibility index (Phi) is 6.52. The van der Waals surface area contributed by atoms with E-state index in [-0.39, 0.29) is 18.9 Å². The van der Waals surface area contributed by atoms with E-state index < -0.39 is 24.2 Å². The van der Waals surface area contributed by atoms with E-state index in [0.29, 0.717) is 19.4 Å². The first-order valence-electron chi connectivity index (χ1n) is 8.12. The molecule has 6 heteroatoms.